The Bertz CT molecular complexity index is 205. The number of hydrogen-bond donors (Lipinski definition) is 2. The molecule has 1 fully saturated rings. The second-order valence-corrected chi connectivity index (χ2v) is 4.45. The quantitative estimate of drug-likeness (QED) is 0.707. The van der Waals surface area contributed by atoms with Gasteiger partial charge in [-0.1, -0.05) is 0 Å². The number of hydrogen-bond acceptors (Lipinski definition) is 2. The van der Waals surface area contributed by atoms with E-state index in [2.05, 4.69) is 5.32 Å². The predicted molar refractivity (Wildman–Crippen MR) is 51.6 cm³/mol. The number of nitrogens with one attached hydrogen (secondary N) is 1. The van der Waals surface area contributed by atoms with Crippen LogP contribution in [0.5, 0.6) is 0 Å². The number of rotatable bonds is 2. The first kappa shape index (κ1) is 11.4. The van der Waals surface area contributed by atoms with Crippen LogP contribution < -0.4 is 5.32 Å². The Morgan fingerprint density at radius 1 is 1.36 bits per heavy atom. The molecule has 1 aliphatic carbocycles. The number of carbonyl (C=O) groups excluding carboxylic acids is 1. The Morgan fingerprint density at radius 2 is 1.86 bits per heavy atom. The molecule has 0 heterocycles. The number of aliphatic hydroxyl groups excluding tert-OH is 1. The molecule has 1 rings (SSSR count). The minimum Gasteiger partial charge on any atom is -0.393 e. The van der Waals surface area contributed by atoms with E-state index in [1.807, 2.05) is 0 Å². The highest BCUT2D eigenvalue weighted by atomic mass is 19.1. The SMILES string of the molecule is CC(C)(F)C(=O)NC1CCC(O)CC1. The van der Waals surface area contributed by atoms with Crippen molar-refractivity contribution in [2.75, 3.05) is 0 Å². The van der Waals surface area contributed by atoms with Gasteiger partial charge in [-0.05, 0) is 39.5 Å². The molecule has 14 heavy (non-hydrogen) atoms. The lowest BCUT2D eigenvalue weighted by atomic mass is 9.92. The van der Waals surface area contributed by atoms with Gasteiger partial charge in [-0.3, -0.25) is 4.79 Å². The van der Waals surface area contributed by atoms with Gasteiger partial charge in [0, 0.05) is 6.04 Å². The number of halogens is 1. The molecule has 0 aromatic carbocycles. The summed E-state index contributed by atoms with van der Waals surface area (Å²) in [6, 6.07) is 0.0286. The summed E-state index contributed by atoms with van der Waals surface area (Å²) in [6.07, 6.45) is 2.61. The first-order chi connectivity index (χ1) is 6.39. The highest BCUT2D eigenvalue weighted by Gasteiger charge is 2.29. The minimum absolute atomic E-state index is 0.0286. The van der Waals surface area contributed by atoms with Gasteiger partial charge in [0.2, 0.25) is 0 Å². The normalized spacial score (nSPS) is 28.6. The molecule has 1 amide bonds. The van der Waals surface area contributed by atoms with Crippen molar-refractivity contribution in [3.63, 3.8) is 0 Å². The van der Waals surface area contributed by atoms with Crippen LogP contribution in [0.3, 0.4) is 0 Å². The Kier molecular flexibility index (Phi) is 3.48. The van der Waals surface area contributed by atoms with E-state index in [9.17, 15) is 14.3 Å². The Hall–Kier alpha value is -0.640. The molecule has 82 valence electrons. The van der Waals surface area contributed by atoms with Crippen molar-refractivity contribution in [2.45, 2.75) is 57.3 Å². The standard InChI is InChI=1S/C10H18FNO2/c1-10(2,11)9(14)12-7-3-5-8(13)6-4-7/h7-8,13H,3-6H2,1-2H3,(H,12,14). The van der Waals surface area contributed by atoms with Gasteiger partial charge in [-0.2, -0.15) is 0 Å². The summed E-state index contributed by atoms with van der Waals surface area (Å²) in [5, 5.41) is 11.9. The van der Waals surface area contributed by atoms with Gasteiger partial charge in [-0.25, -0.2) is 4.39 Å². The lowest BCUT2D eigenvalue weighted by Crippen LogP contribution is -2.46. The van der Waals surface area contributed by atoms with Crippen LogP contribution in [-0.4, -0.2) is 28.8 Å². The zero-order chi connectivity index (χ0) is 10.8. The van der Waals surface area contributed by atoms with Crippen LogP contribution in [0.1, 0.15) is 39.5 Å². The minimum atomic E-state index is -1.81. The summed E-state index contributed by atoms with van der Waals surface area (Å²) in [7, 11) is 0. The molecule has 0 aliphatic heterocycles. The molecular formula is C10H18FNO2. The smallest absolute Gasteiger partial charge is 0.257 e. The number of alkyl halides is 1. The molecule has 0 radical (unpaired) electrons. The summed E-state index contributed by atoms with van der Waals surface area (Å²) in [5.41, 5.74) is -1.81. The molecule has 0 bridgehead atoms. The lowest BCUT2D eigenvalue weighted by molar-refractivity contribution is -0.131. The van der Waals surface area contributed by atoms with E-state index < -0.39 is 11.6 Å². The number of carbonyl (C=O) groups is 1. The number of amides is 1. The van der Waals surface area contributed by atoms with E-state index in [-0.39, 0.29) is 12.1 Å². The van der Waals surface area contributed by atoms with Gasteiger partial charge >= 0.3 is 0 Å². The second-order valence-electron chi connectivity index (χ2n) is 4.45. The van der Waals surface area contributed by atoms with Gasteiger partial charge in [-0.15, -0.1) is 0 Å². The molecule has 0 aromatic heterocycles. The zero-order valence-electron chi connectivity index (χ0n) is 8.72. The fraction of sp³-hybridized carbons (Fsp3) is 0.900. The summed E-state index contributed by atoms with van der Waals surface area (Å²) >= 11 is 0. The van der Waals surface area contributed by atoms with E-state index in [4.69, 9.17) is 0 Å². The van der Waals surface area contributed by atoms with Crippen LogP contribution in [-0.2, 0) is 4.79 Å². The fourth-order valence-corrected chi connectivity index (χ4v) is 1.58. The molecule has 0 aromatic rings. The molecule has 1 aliphatic rings. The largest absolute Gasteiger partial charge is 0.393 e. The average molecular weight is 203 g/mol. The molecule has 3 nitrogen and oxygen atoms in total. The topological polar surface area (TPSA) is 49.3 Å². The van der Waals surface area contributed by atoms with Crippen molar-refractivity contribution in [2.24, 2.45) is 0 Å². The maximum Gasteiger partial charge on any atom is 0.257 e. The first-order valence-corrected chi connectivity index (χ1v) is 5.07. The third kappa shape index (κ3) is 3.25. The van der Waals surface area contributed by atoms with Gasteiger partial charge in [0.25, 0.3) is 5.91 Å². The molecule has 4 heteroatoms. The molecule has 1 saturated carbocycles. The Balaban J connectivity index is 2.35. The maximum atomic E-state index is 13.2. The van der Waals surface area contributed by atoms with Gasteiger partial charge in [0.1, 0.15) is 0 Å². The van der Waals surface area contributed by atoms with E-state index in [1.165, 1.54) is 13.8 Å². The molecule has 0 unspecified atom stereocenters. The van der Waals surface area contributed by atoms with Crippen LogP contribution in [0.15, 0.2) is 0 Å². The van der Waals surface area contributed by atoms with E-state index in [0.717, 1.165) is 12.8 Å². The summed E-state index contributed by atoms with van der Waals surface area (Å²) in [6.45, 7) is 2.50. The van der Waals surface area contributed by atoms with E-state index in [1.54, 1.807) is 0 Å². The van der Waals surface area contributed by atoms with Crippen LogP contribution in [0.25, 0.3) is 0 Å². The summed E-state index contributed by atoms with van der Waals surface area (Å²) in [4.78, 5) is 11.3. The van der Waals surface area contributed by atoms with Crippen molar-refractivity contribution in [3.05, 3.63) is 0 Å². The van der Waals surface area contributed by atoms with Crippen molar-refractivity contribution < 1.29 is 14.3 Å². The van der Waals surface area contributed by atoms with E-state index >= 15 is 0 Å². The molecular weight excluding hydrogens is 185 g/mol. The highest BCUT2D eigenvalue weighted by molar-refractivity contribution is 5.84. The highest BCUT2D eigenvalue weighted by Crippen LogP contribution is 2.19. The monoisotopic (exact) mass is 203 g/mol. The Labute approximate surface area is 83.7 Å². The van der Waals surface area contributed by atoms with Crippen molar-refractivity contribution in [1.82, 2.24) is 5.32 Å². The Morgan fingerprint density at radius 3 is 2.29 bits per heavy atom. The van der Waals surface area contributed by atoms with Crippen molar-refractivity contribution in [1.29, 1.82) is 0 Å². The molecule has 0 saturated heterocycles. The van der Waals surface area contributed by atoms with Crippen molar-refractivity contribution >= 4 is 5.91 Å². The van der Waals surface area contributed by atoms with Gasteiger partial charge < -0.3 is 10.4 Å². The maximum absolute atomic E-state index is 13.2. The lowest BCUT2D eigenvalue weighted by Gasteiger charge is -2.27. The third-order valence-electron chi connectivity index (χ3n) is 2.57. The molecule has 2 N–H and O–H groups in total. The zero-order valence-corrected chi connectivity index (χ0v) is 8.72. The fourth-order valence-electron chi connectivity index (χ4n) is 1.58. The van der Waals surface area contributed by atoms with Gasteiger partial charge in [0.15, 0.2) is 5.67 Å². The summed E-state index contributed by atoms with van der Waals surface area (Å²) < 4.78 is 13.2. The van der Waals surface area contributed by atoms with Crippen molar-refractivity contribution in [3.8, 4) is 0 Å². The third-order valence-corrected chi connectivity index (χ3v) is 2.57. The van der Waals surface area contributed by atoms with Crippen LogP contribution in [0, 0.1) is 0 Å². The number of aliphatic hydroxyl groups is 1. The predicted octanol–water partition coefficient (Wildman–Crippen LogP) is 1.15. The summed E-state index contributed by atoms with van der Waals surface area (Å²) in [5.74, 6) is -0.557. The van der Waals surface area contributed by atoms with Crippen LogP contribution in [0.4, 0.5) is 4.39 Å². The average Bonchev–Trinajstić information content (AvgIpc) is 2.07. The van der Waals surface area contributed by atoms with Crippen LogP contribution in [0.2, 0.25) is 0 Å². The second kappa shape index (κ2) is 4.26. The first-order valence-electron chi connectivity index (χ1n) is 5.07. The molecule has 0 spiro atoms. The van der Waals surface area contributed by atoms with E-state index in [0.29, 0.717) is 12.8 Å². The van der Waals surface area contributed by atoms with Gasteiger partial charge in [0.05, 0.1) is 6.10 Å². The van der Waals surface area contributed by atoms with Crippen LogP contribution >= 0.6 is 0 Å². The molecule has 0 atom stereocenters.